The average Bonchev–Trinajstić information content (AvgIpc) is 3.13. The molecule has 4 aliphatic rings. The van der Waals surface area contributed by atoms with E-state index in [1.807, 2.05) is 4.90 Å². The normalized spacial score (nSPS) is 38.9. The lowest BCUT2D eigenvalue weighted by molar-refractivity contribution is -0.141. The molecule has 21 heavy (non-hydrogen) atoms. The van der Waals surface area contributed by atoms with Crippen molar-refractivity contribution in [1.82, 2.24) is 9.80 Å². The average molecular weight is 312 g/mol. The Labute approximate surface area is 127 Å². The van der Waals surface area contributed by atoms with Crippen LogP contribution in [0.2, 0.25) is 0 Å². The molecule has 0 aromatic heterocycles. The quantitative estimate of drug-likeness (QED) is 0.830. The number of carboxylic acid groups (broad SMARTS) is 1. The van der Waals surface area contributed by atoms with Gasteiger partial charge in [0.1, 0.15) is 6.04 Å². The van der Waals surface area contributed by atoms with Crippen LogP contribution in [-0.2, 0) is 9.53 Å². The number of fused-ring (bicyclic) bond motifs is 2. The van der Waals surface area contributed by atoms with Gasteiger partial charge in [-0.1, -0.05) is 0 Å². The summed E-state index contributed by atoms with van der Waals surface area (Å²) in [5.41, 5.74) is 0. The third kappa shape index (κ3) is 2.40. The summed E-state index contributed by atoms with van der Waals surface area (Å²) in [6.07, 6.45) is 4.54. The molecule has 3 saturated heterocycles. The highest BCUT2D eigenvalue weighted by Gasteiger charge is 2.50. The predicted octanol–water partition coefficient (Wildman–Crippen LogP) is 1.21. The molecule has 1 aliphatic carbocycles. The number of hydrogen-bond donors (Lipinski definition) is 1. The first kappa shape index (κ1) is 13.7. The van der Waals surface area contributed by atoms with Crippen molar-refractivity contribution in [2.45, 2.75) is 49.3 Å². The van der Waals surface area contributed by atoms with Crippen molar-refractivity contribution in [3.05, 3.63) is 0 Å². The SMILES string of the molecule is O=C(O)C1CSC(C2CC2)N1C(=O)N1CC2CCC(C1)O2. The van der Waals surface area contributed by atoms with Gasteiger partial charge in [0.2, 0.25) is 0 Å². The standard InChI is InChI=1S/C14H20N2O4S/c17-13(18)11-7-21-12(8-1-2-8)16(11)14(19)15-5-9-3-4-10(6-15)20-9/h8-12H,1-7H2,(H,17,18). The van der Waals surface area contributed by atoms with E-state index in [4.69, 9.17) is 4.74 Å². The Kier molecular flexibility index (Phi) is 3.29. The number of nitrogens with zero attached hydrogens (tertiary/aromatic N) is 2. The lowest BCUT2D eigenvalue weighted by Crippen LogP contribution is -2.56. The summed E-state index contributed by atoms with van der Waals surface area (Å²) in [6.45, 7) is 1.22. The Morgan fingerprint density at radius 1 is 1.10 bits per heavy atom. The van der Waals surface area contributed by atoms with Crippen molar-refractivity contribution in [3.63, 3.8) is 0 Å². The zero-order valence-electron chi connectivity index (χ0n) is 11.8. The van der Waals surface area contributed by atoms with Crippen molar-refractivity contribution in [2.24, 2.45) is 5.92 Å². The highest BCUT2D eigenvalue weighted by atomic mass is 32.2. The van der Waals surface area contributed by atoms with Crippen LogP contribution < -0.4 is 0 Å². The van der Waals surface area contributed by atoms with Crippen LogP contribution >= 0.6 is 11.8 Å². The first-order valence-electron chi connectivity index (χ1n) is 7.70. The Bertz CT molecular complexity index is 458. The minimum Gasteiger partial charge on any atom is -0.480 e. The molecule has 0 aromatic carbocycles. The molecule has 0 aromatic rings. The van der Waals surface area contributed by atoms with Gasteiger partial charge in [-0.05, 0) is 31.6 Å². The molecule has 0 radical (unpaired) electrons. The fourth-order valence-electron chi connectivity index (χ4n) is 3.64. The van der Waals surface area contributed by atoms with Gasteiger partial charge in [0, 0.05) is 18.8 Å². The van der Waals surface area contributed by atoms with Crippen LogP contribution in [0, 0.1) is 5.92 Å². The fraction of sp³-hybridized carbons (Fsp3) is 0.857. The lowest BCUT2D eigenvalue weighted by Gasteiger charge is -2.37. The number of urea groups is 1. The second kappa shape index (κ2) is 5.05. The molecule has 4 unspecified atom stereocenters. The van der Waals surface area contributed by atoms with Crippen LogP contribution in [0.3, 0.4) is 0 Å². The summed E-state index contributed by atoms with van der Waals surface area (Å²) in [6, 6.07) is -0.766. The maximum absolute atomic E-state index is 12.9. The molecule has 4 rings (SSSR count). The molecule has 6 nitrogen and oxygen atoms in total. The molecule has 2 bridgehead atoms. The number of ether oxygens (including phenoxy) is 1. The van der Waals surface area contributed by atoms with Gasteiger partial charge >= 0.3 is 12.0 Å². The molecule has 4 atom stereocenters. The van der Waals surface area contributed by atoms with Crippen molar-refractivity contribution in [3.8, 4) is 0 Å². The van der Waals surface area contributed by atoms with Gasteiger partial charge in [0.25, 0.3) is 0 Å². The molecule has 3 heterocycles. The maximum atomic E-state index is 12.9. The van der Waals surface area contributed by atoms with Crippen LogP contribution in [0.5, 0.6) is 0 Å². The molecule has 4 fully saturated rings. The Morgan fingerprint density at radius 2 is 1.76 bits per heavy atom. The number of rotatable bonds is 2. The molecule has 2 amide bonds. The number of morpholine rings is 1. The predicted molar refractivity (Wildman–Crippen MR) is 77.1 cm³/mol. The van der Waals surface area contributed by atoms with Crippen LogP contribution in [0.4, 0.5) is 4.79 Å². The van der Waals surface area contributed by atoms with Crippen LogP contribution in [-0.4, -0.2) is 69.4 Å². The Balaban J connectivity index is 1.53. The second-order valence-corrected chi connectivity index (χ2v) is 7.62. The second-order valence-electron chi connectivity index (χ2n) is 6.47. The number of hydrogen-bond acceptors (Lipinski definition) is 4. The van der Waals surface area contributed by atoms with E-state index in [2.05, 4.69) is 0 Å². The monoisotopic (exact) mass is 312 g/mol. The zero-order chi connectivity index (χ0) is 14.6. The molecule has 0 spiro atoms. The molecule has 1 N–H and O–H groups in total. The van der Waals surface area contributed by atoms with Crippen molar-refractivity contribution < 1.29 is 19.4 Å². The Hall–Kier alpha value is -0.950. The molecule has 116 valence electrons. The summed E-state index contributed by atoms with van der Waals surface area (Å²) in [5.74, 6) is 0.121. The van der Waals surface area contributed by atoms with E-state index in [9.17, 15) is 14.7 Å². The largest absolute Gasteiger partial charge is 0.480 e. The summed E-state index contributed by atoms with van der Waals surface area (Å²) < 4.78 is 5.77. The van der Waals surface area contributed by atoms with Gasteiger partial charge in [0.05, 0.1) is 17.6 Å². The van der Waals surface area contributed by atoms with Gasteiger partial charge in [-0.2, -0.15) is 0 Å². The highest BCUT2D eigenvalue weighted by Crippen LogP contribution is 2.46. The van der Waals surface area contributed by atoms with E-state index in [0.29, 0.717) is 24.8 Å². The summed E-state index contributed by atoms with van der Waals surface area (Å²) in [7, 11) is 0. The number of carboxylic acids is 1. The molecular formula is C14H20N2O4S. The third-order valence-corrected chi connectivity index (χ3v) is 6.34. The van der Waals surface area contributed by atoms with E-state index in [0.717, 1.165) is 25.7 Å². The minimum absolute atomic E-state index is 0.0547. The number of carbonyl (C=O) groups is 2. The number of carbonyl (C=O) groups excluding carboxylic acids is 1. The fourth-order valence-corrected chi connectivity index (χ4v) is 5.26. The van der Waals surface area contributed by atoms with E-state index in [-0.39, 0.29) is 23.6 Å². The summed E-state index contributed by atoms with van der Waals surface area (Å²) >= 11 is 1.63. The number of amides is 2. The van der Waals surface area contributed by atoms with Crippen molar-refractivity contribution in [1.29, 1.82) is 0 Å². The van der Waals surface area contributed by atoms with Crippen molar-refractivity contribution >= 4 is 23.8 Å². The van der Waals surface area contributed by atoms with Crippen LogP contribution in [0.1, 0.15) is 25.7 Å². The van der Waals surface area contributed by atoms with Gasteiger partial charge in [0.15, 0.2) is 0 Å². The first-order chi connectivity index (χ1) is 10.1. The molecular weight excluding hydrogens is 292 g/mol. The van der Waals surface area contributed by atoms with E-state index >= 15 is 0 Å². The number of thioether (sulfide) groups is 1. The molecule has 3 aliphatic heterocycles. The third-order valence-electron chi connectivity index (χ3n) is 4.88. The van der Waals surface area contributed by atoms with Crippen LogP contribution in [0.25, 0.3) is 0 Å². The highest BCUT2D eigenvalue weighted by molar-refractivity contribution is 8.00. The van der Waals surface area contributed by atoms with Gasteiger partial charge in [-0.15, -0.1) is 11.8 Å². The number of aliphatic carboxylic acids is 1. The van der Waals surface area contributed by atoms with Gasteiger partial charge in [-0.25, -0.2) is 9.59 Å². The maximum Gasteiger partial charge on any atom is 0.327 e. The van der Waals surface area contributed by atoms with E-state index in [1.54, 1.807) is 16.7 Å². The minimum atomic E-state index is -0.879. The van der Waals surface area contributed by atoms with Gasteiger partial charge in [-0.3, -0.25) is 4.90 Å². The topological polar surface area (TPSA) is 70.1 Å². The van der Waals surface area contributed by atoms with E-state index in [1.165, 1.54) is 0 Å². The van der Waals surface area contributed by atoms with E-state index < -0.39 is 12.0 Å². The smallest absolute Gasteiger partial charge is 0.327 e. The number of likely N-dealkylation sites (tertiary alicyclic amines) is 1. The summed E-state index contributed by atoms with van der Waals surface area (Å²) in [5, 5.41) is 9.47. The first-order valence-corrected chi connectivity index (χ1v) is 8.75. The Morgan fingerprint density at radius 3 is 2.33 bits per heavy atom. The molecule has 7 heteroatoms. The lowest BCUT2D eigenvalue weighted by atomic mass is 10.2. The van der Waals surface area contributed by atoms with Crippen LogP contribution in [0.15, 0.2) is 0 Å². The van der Waals surface area contributed by atoms with Crippen molar-refractivity contribution in [2.75, 3.05) is 18.8 Å². The van der Waals surface area contributed by atoms with Gasteiger partial charge < -0.3 is 14.7 Å². The summed E-state index contributed by atoms with van der Waals surface area (Å²) in [4.78, 5) is 27.8. The molecule has 1 saturated carbocycles. The zero-order valence-corrected chi connectivity index (χ0v) is 12.6.